The number of aliphatic hydroxyl groups excluding tert-OH is 1. The molecule has 2 amide bonds. The fraction of sp³-hybridized carbons (Fsp3) is 0.467. The quantitative estimate of drug-likeness (QED) is 0.471. The number of halogens is 1. The van der Waals surface area contributed by atoms with Crippen LogP contribution >= 0.6 is 0 Å². The van der Waals surface area contributed by atoms with Crippen LogP contribution in [0.4, 0.5) is 10.1 Å². The topological polar surface area (TPSA) is 136 Å². The molecule has 24 heavy (non-hydrogen) atoms. The van der Waals surface area contributed by atoms with E-state index >= 15 is 0 Å². The number of hydrogen-bond donors (Lipinski definition) is 3. The summed E-state index contributed by atoms with van der Waals surface area (Å²) in [6, 6.07) is 1.96. The van der Waals surface area contributed by atoms with Gasteiger partial charge in [0.1, 0.15) is 12.1 Å². The number of nitrogens with zero attached hydrogens (tertiary/aromatic N) is 1. The molecule has 8 nitrogen and oxygen atoms in total. The summed E-state index contributed by atoms with van der Waals surface area (Å²) in [5, 5.41) is 22.8. The number of carbonyl (C=O) groups excluding carboxylic acids is 2. The first-order valence-electron chi connectivity index (χ1n) is 7.32. The van der Waals surface area contributed by atoms with Gasteiger partial charge in [0.15, 0.2) is 0 Å². The van der Waals surface area contributed by atoms with Gasteiger partial charge in [0.2, 0.25) is 17.6 Å². The summed E-state index contributed by atoms with van der Waals surface area (Å²) in [5.74, 6) is -2.57. The van der Waals surface area contributed by atoms with Gasteiger partial charge in [0.05, 0.1) is 4.92 Å². The summed E-state index contributed by atoms with van der Waals surface area (Å²) in [7, 11) is 0. The zero-order valence-electron chi connectivity index (χ0n) is 13.4. The first kappa shape index (κ1) is 19.5. The summed E-state index contributed by atoms with van der Waals surface area (Å²) < 4.78 is 13.3. The summed E-state index contributed by atoms with van der Waals surface area (Å²) in [4.78, 5) is 33.2. The van der Waals surface area contributed by atoms with E-state index < -0.39 is 40.4 Å². The van der Waals surface area contributed by atoms with Crippen molar-refractivity contribution >= 4 is 17.5 Å². The summed E-state index contributed by atoms with van der Waals surface area (Å²) in [6.07, 6.45) is -1.25. The fourth-order valence-corrected chi connectivity index (χ4v) is 2.11. The van der Waals surface area contributed by atoms with E-state index in [-0.39, 0.29) is 24.3 Å². The van der Waals surface area contributed by atoms with Crippen molar-refractivity contribution in [3.63, 3.8) is 0 Å². The predicted molar refractivity (Wildman–Crippen MR) is 83.3 cm³/mol. The van der Waals surface area contributed by atoms with Gasteiger partial charge in [0, 0.05) is 12.5 Å². The number of rotatable bonds is 8. The van der Waals surface area contributed by atoms with Crippen LogP contribution in [-0.2, 0) is 16.0 Å². The third-order valence-corrected chi connectivity index (χ3v) is 3.30. The Morgan fingerprint density at radius 3 is 2.54 bits per heavy atom. The molecule has 0 unspecified atom stereocenters. The molecule has 2 atom stereocenters. The van der Waals surface area contributed by atoms with Gasteiger partial charge < -0.3 is 16.2 Å². The second-order valence-corrected chi connectivity index (χ2v) is 5.86. The molecule has 0 saturated heterocycles. The van der Waals surface area contributed by atoms with Gasteiger partial charge in [-0.1, -0.05) is 19.9 Å². The van der Waals surface area contributed by atoms with Gasteiger partial charge in [0.25, 0.3) is 0 Å². The maximum Gasteiger partial charge on any atom is 0.305 e. The molecule has 1 rings (SSSR count). The van der Waals surface area contributed by atoms with Crippen LogP contribution in [0.3, 0.4) is 0 Å². The van der Waals surface area contributed by atoms with Crippen molar-refractivity contribution < 1.29 is 24.0 Å². The molecule has 0 heterocycles. The van der Waals surface area contributed by atoms with E-state index in [9.17, 15) is 29.2 Å². The molecule has 9 heteroatoms. The molecule has 0 saturated carbocycles. The molecule has 0 aliphatic heterocycles. The highest BCUT2D eigenvalue weighted by atomic mass is 19.1. The Morgan fingerprint density at radius 1 is 1.42 bits per heavy atom. The minimum Gasteiger partial charge on any atom is -0.383 e. The van der Waals surface area contributed by atoms with Crippen LogP contribution < -0.4 is 11.1 Å². The Kier molecular flexibility index (Phi) is 6.78. The van der Waals surface area contributed by atoms with Crippen LogP contribution in [0.15, 0.2) is 18.2 Å². The average Bonchev–Trinajstić information content (AvgIpc) is 2.47. The molecule has 0 radical (unpaired) electrons. The summed E-state index contributed by atoms with van der Waals surface area (Å²) in [5.41, 5.74) is 4.74. The number of benzene rings is 1. The first-order chi connectivity index (χ1) is 11.1. The van der Waals surface area contributed by atoms with Gasteiger partial charge in [-0.25, -0.2) is 0 Å². The molecule has 0 aliphatic carbocycles. The third-order valence-electron chi connectivity index (χ3n) is 3.30. The van der Waals surface area contributed by atoms with Crippen molar-refractivity contribution in [2.24, 2.45) is 11.7 Å². The van der Waals surface area contributed by atoms with Crippen molar-refractivity contribution in [2.45, 2.75) is 38.8 Å². The lowest BCUT2D eigenvalue weighted by Gasteiger charge is -2.19. The minimum atomic E-state index is -1.30. The molecular weight excluding hydrogens is 321 g/mol. The number of nitrogens with one attached hydrogen (secondary N) is 1. The number of carbonyl (C=O) groups is 2. The second-order valence-electron chi connectivity index (χ2n) is 5.86. The van der Waals surface area contributed by atoms with Gasteiger partial charge >= 0.3 is 5.69 Å². The van der Waals surface area contributed by atoms with Crippen molar-refractivity contribution in [3.8, 4) is 0 Å². The van der Waals surface area contributed by atoms with Crippen LogP contribution in [0.1, 0.15) is 25.8 Å². The lowest BCUT2D eigenvalue weighted by atomic mass is 10.0. The highest BCUT2D eigenvalue weighted by Gasteiger charge is 2.24. The Bertz CT molecular complexity index is 636. The summed E-state index contributed by atoms with van der Waals surface area (Å²) >= 11 is 0. The second kappa shape index (κ2) is 8.34. The molecule has 1 aromatic rings. The maximum atomic E-state index is 13.3. The number of nitro benzene ring substituents is 1. The minimum absolute atomic E-state index is 0.0672. The highest BCUT2D eigenvalue weighted by Crippen LogP contribution is 2.19. The largest absolute Gasteiger partial charge is 0.383 e. The van der Waals surface area contributed by atoms with Gasteiger partial charge in [-0.2, -0.15) is 4.39 Å². The molecule has 0 fully saturated rings. The Morgan fingerprint density at radius 2 is 2.04 bits per heavy atom. The molecular formula is C15H20FN3O5. The van der Waals surface area contributed by atoms with Crippen molar-refractivity contribution in [3.05, 3.63) is 39.7 Å². The molecule has 1 aromatic carbocycles. The number of aliphatic hydroxyl groups is 1. The molecule has 0 bridgehead atoms. The molecule has 132 valence electrons. The number of nitrogens with two attached hydrogens (primary N) is 1. The maximum absolute atomic E-state index is 13.3. The summed E-state index contributed by atoms with van der Waals surface area (Å²) in [6.45, 7) is 3.64. The number of nitro groups is 1. The fourth-order valence-electron chi connectivity index (χ4n) is 2.11. The normalized spacial score (nSPS) is 13.4. The zero-order valence-corrected chi connectivity index (χ0v) is 13.4. The van der Waals surface area contributed by atoms with Gasteiger partial charge in [-0.3, -0.25) is 19.7 Å². The van der Waals surface area contributed by atoms with Crippen molar-refractivity contribution in [1.82, 2.24) is 5.32 Å². The van der Waals surface area contributed by atoms with Crippen LogP contribution in [0, 0.1) is 21.8 Å². The first-order valence-corrected chi connectivity index (χ1v) is 7.32. The SMILES string of the molecule is CC(C)C[C@@H](O)C(=O)N[C@H](Cc1ccc(F)c([N+](=O)[O-])c1)C(N)=O. The third kappa shape index (κ3) is 5.58. The Balaban J connectivity index is 2.87. The molecule has 0 spiro atoms. The Labute approximate surface area is 138 Å². The standard InChI is InChI=1S/C15H20FN3O5/c1-8(2)5-13(20)15(22)18-11(14(17)21)6-9-3-4-10(16)12(7-9)19(23)24/h3-4,7-8,11,13,20H,5-6H2,1-2H3,(H2,17,21)(H,18,22)/t11-,13-/m1/s1. The highest BCUT2D eigenvalue weighted by molar-refractivity contribution is 5.88. The van der Waals surface area contributed by atoms with Crippen molar-refractivity contribution in [2.75, 3.05) is 0 Å². The molecule has 0 aliphatic rings. The number of primary amides is 1. The molecule has 4 N–H and O–H groups in total. The van der Waals surface area contributed by atoms with Crippen LogP contribution in [0.5, 0.6) is 0 Å². The van der Waals surface area contributed by atoms with Gasteiger partial charge in [-0.15, -0.1) is 0 Å². The molecule has 0 aromatic heterocycles. The van der Waals surface area contributed by atoms with Crippen LogP contribution in [0.2, 0.25) is 0 Å². The zero-order chi connectivity index (χ0) is 18.4. The van der Waals surface area contributed by atoms with Crippen molar-refractivity contribution in [1.29, 1.82) is 0 Å². The van der Waals surface area contributed by atoms with E-state index in [1.54, 1.807) is 0 Å². The van der Waals surface area contributed by atoms with E-state index in [1.165, 1.54) is 6.07 Å². The lowest BCUT2D eigenvalue weighted by molar-refractivity contribution is -0.387. The predicted octanol–water partition coefficient (Wildman–Crippen LogP) is 0.653. The lowest BCUT2D eigenvalue weighted by Crippen LogP contribution is -2.49. The van der Waals surface area contributed by atoms with E-state index in [0.29, 0.717) is 0 Å². The van der Waals surface area contributed by atoms with Crippen LogP contribution in [0.25, 0.3) is 0 Å². The van der Waals surface area contributed by atoms with Gasteiger partial charge in [-0.05, 0) is 24.0 Å². The number of amides is 2. The van der Waals surface area contributed by atoms with E-state index in [4.69, 9.17) is 5.73 Å². The van der Waals surface area contributed by atoms with E-state index in [0.717, 1.165) is 12.1 Å². The monoisotopic (exact) mass is 341 g/mol. The average molecular weight is 341 g/mol. The Hall–Kier alpha value is -2.55. The van der Waals surface area contributed by atoms with E-state index in [1.807, 2.05) is 13.8 Å². The van der Waals surface area contributed by atoms with Crippen LogP contribution in [-0.4, -0.2) is 34.0 Å². The smallest absolute Gasteiger partial charge is 0.305 e. The van der Waals surface area contributed by atoms with E-state index in [2.05, 4.69) is 5.32 Å². The number of hydrogen-bond acceptors (Lipinski definition) is 5.